The molecular formula is C10H13N5. The highest BCUT2D eigenvalue weighted by Gasteiger charge is 2.44. The van der Waals surface area contributed by atoms with Crippen LogP contribution in [0.3, 0.4) is 0 Å². The molecule has 2 aliphatic rings. The van der Waals surface area contributed by atoms with E-state index in [4.69, 9.17) is 5.41 Å². The molecule has 2 aliphatic heterocycles. The topological polar surface area (TPSA) is 73.0 Å². The Morgan fingerprint density at radius 2 is 2.47 bits per heavy atom. The van der Waals surface area contributed by atoms with E-state index in [9.17, 15) is 0 Å². The zero-order chi connectivity index (χ0) is 10.9. The molecular weight excluding hydrogens is 190 g/mol. The maximum absolute atomic E-state index is 7.85. The fourth-order valence-corrected chi connectivity index (χ4v) is 1.65. The van der Waals surface area contributed by atoms with Gasteiger partial charge in [0, 0.05) is 0 Å². The molecule has 15 heavy (non-hydrogen) atoms. The number of aliphatic imine (C=N–C) groups is 3. The predicted octanol–water partition coefficient (Wildman–Crippen LogP) is 1.13. The van der Waals surface area contributed by atoms with Gasteiger partial charge in [-0.25, -0.2) is 9.98 Å². The van der Waals surface area contributed by atoms with Crippen molar-refractivity contribution in [1.82, 2.24) is 5.32 Å². The Hall–Kier alpha value is -1.78. The van der Waals surface area contributed by atoms with E-state index in [-0.39, 0.29) is 5.84 Å². The number of fused-ring (bicyclic) bond motifs is 1. The zero-order valence-electron chi connectivity index (χ0n) is 8.62. The molecule has 0 saturated carbocycles. The largest absolute Gasteiger partial charge is 0.332 e. The average Bonchev–Trinajstić information content (AvgIpc) is 2.60. The molecule has 0 saturated heterocycles. The van der Waals surface area contributed by atoms with Crippen LogP contribution in [0.1, 0.15) is 19.8 Å². The first-order valence-electron chi connectivity index (χ1n) is 4.79. The summed E-state index contributed by atoms with van der Waals surface area (Å²) in [4.78, 5) is 12.3. The van der Waals surface area contributed by atoms with E-state index in [1.807, 2.05) is 6.92 Å². The van der Waals surface area contributed by atoms with Crippen LogP contribution in [0.15, 0.2) is 27.1 Å². The van der Waals surface area contributed by atoms with Gasteiger partial charge in [-0.15, -0.1) is 6.58 Å². The molecule has 0 bridgehead atoms. The lowest BCUT2D eigenvalue weighted by Crippen LogP contribution is -2.47. The molecule has 0 radical (unpaired) electrons. The first-order valence-corrected chi connectivity index (χ1v) is 4.79. The van der Waals surface area contributed by atoms with Crippen molar-refractivity contribution in [2.24, 2.45) is 15.0 Å². The van der Waals surface area contributed by atoms with Crippen molar-refractivity contribution >= 4 is 24.3 Å². The lowest BCUT2D eigenvalue weighted by Gasteiger charge is -2.26. The van der Waals surface area contributed by atoms with Gasteiger partial charge in [0.25, 0.3) is 0 Å². The maximum atomic E-state index is 7.85. The van der Waals surface area contributed by atoms with Crippen molar-refractivity contribution < 1.29 is 0 Å². The Morgan fingerprint density at radius 3 is 3.20 bits per heavy atom. The standard InChI is InChI=1S/C10H13N5/c1-7(2)3-4-10-8(11)12-5-13-9(10)14-6-15-10/h5-6H,1,3-4H2,2H3,(H2,11,12,13,14,15). The van der Waals surface area contributed by atoms with Gasteiger partial charge in [0.1, 0.15) is 12.2 Å². The van der Waals surface area contributed by atoms with Gasteiger partial charge in [0.05, 0.1) is 6.34 Å². The number of nitrogens with zero attached hydrogens (tertiary/aromatic N) is 3. The quantitative estimate of drug-likeness (QED) is 0.663. The second-order valence-corrected chi connectivity index (χ2v) is 3.79. The number of nitrogens with one attached hydrogen (secondary N) is 2. The summed E-state index contributed by atoms with van der Waals surface area (Å²) >= 11 is 0. The Labute approximate surface area is 88.2 Å². The van der Waals surface area contributed by atoms with Gasteiger partial charge in [0.15, 0.2) is 11.4 Å². The Morgan fingerprint density at radius 1 is 1.67 bits per heavy atom. The van der Waals surface area contributed by atoms with Crippen LogP contribution in [0.25, 0.3) is 0 Å². The van der Waals surface area contributed by atoms with Crippen molar-refractivity contribution in [3.63, 3.8) is 0 Å². The predicted molar refractivity (Wildman–Crippen MR) is 62.1 cm³/mol. The number of rotatable bonds is 3. The second-order valence-electron chi connectivity index (χ2n) is 3.79. The molecule has 2 N–H and O–H groups in total. The van der Waals surface area contributed by atoms with Crippen LogP contribution < -0.4 is 5.32 Å². The van der Waals surface area contributed by atoms with Gasteiger partial charge in [-0.05, 0) is 19.8 Å². The average molecular weight is 203 g/mol. The molecule has 1 atom stereocenters. The highest BCUT2D eigenvalue weighted by atomic mass is 15.2. The second kappa shape index (κ2) is 3.42. The highest BCUT2D eigenvalue weighted by molar-refractivity contribution is 6.24. The van der Waals surface area contributed by atoms with Crippen molar-refractivity contribution in [3.05, 3.63) is 12.2 Å². The first-order chi connectivity index (χ1) is 7.15. The molecule has 78 valence electrons. The van der Waals surface area contributed by atoms with Crippen LogP contribution in [-0.4, -0.2) is 29.9 Å². The molecule has 2 rings (SSSR count). The zero-order valence-corrected chi connectivity index (χ0v) is 8.62. The van der Waals surface area contributed by atoms with Gasteiger partial charge in [-0.1, -0.05) is 5.57 Å². The Kier molecular flexibility index (Phi) is 2.22. The van der Waals surface area contributed by atoms with E-state index in [1.165, 1.54) is 6.34 Å². The van der Waals surface area contributed by atoms with Gasteiger partial charge < -0.3 is 5.32 Å². The van der Waals surface area contributed by atoms with Crippen molar-refractivity contribution in [1.29, 1.82) is 5.41 Å². The number of amidine groups is 2. The van der Waals surface area contributed by atoms with E-state index >= 15 is 0 Å². The van der Waals surface area contributed by atoms with E-state index in [0.29, 0.717) is 12.3 Å². The van der Waals surface area contributed by atoms with Gasteiger partial charge >= 0.3 is 0 Å². The number of hydrogen-bond donors (Lipinski definition) is 2. The van der Waals surface area contributed by atoms with Crippen LogP contribution in [0, 0.1) is 5.41 Å². The summed E-state index contributed by atoms with van der Waals surface area (Å²) in [5.41, 5.74) is 0.390. The Balaban J connectivity index is 2.26. The summed E-state index contributed by atoms with van der Waals surface area (Å²) in [6.07, 6.45) is 4.48. The summed E-state index contributed by atoms with van der Waals surface area (Å²) in [6, 6.07) is 0. The molecule has 2 heterocycles. The van der Waals surface area contributed by atoms with E-state index in [2.05, 4.69) is 26.9 Å². The molecule has 0 amide bonds. The monoisotopic (exact) mass is 203 g/mol. The summed E-state index contributed by atoms with van der Waals surface area (Å²) in [7, 11) is 0. The molecule has 0 aromatic rings. The lowest BCUT2D eigenvalue weighted by molar-refractivity contribution is 0.656. The lowest BCUT2D eigenvalue weighted by atomic mass is 9.89. The molecule has 5 heteroatoms. The van der Waals surface area contributed by atoms with Crippen molar-refractivity contribution in [2.75, 3.05) is 0 Å². The minimum atomic E-state index is -0.687. The van der Waals surface area contributed by atoms with E-state index in [0.717, 1.165) is 12.0 Å². The molecule has 5 nitrogen and oxygen atoms in total. The van der Waals surface area contributed by atoms with Gasteiger partial charge in [0.2, 0.25) is 0 Å². The molecule has 0 aromatic heterocycles. The van der Waals surface area contributed by atoms with Gasteiger partial charge in [-0.2, -0.15) is 0 Å². The van der Waals surface area contributed by atoms with Crippen LogP contribution in [0.4, 0.5) is 0 Å². The van der Waals surface area contributed by atoms with Gasteiger partial charge in [-0.3, -0.25) is 10.4 Å². The SMILES string of the molecule is C=C(C)CCC12N=CNC1=NC=NC2=N. The van der Waals surface area contributed by atoms with Crippen LogP contribution in [-0.2, 0) is 0 Å². The summed E-state index contributed by atoms with van der Waals surface area (Å²) < 4.78 is 0. The summed E-state index contributed by atoms with van der Waals surface area (Å²) in [5, 5.41) is 10.8. The fourth-order valence-electron chi connectivity index (χ4n) is 1.65. The highest BCUT2D eigenvalue weighted by Crippen LogP contribution is 2.27. The number of allylic oxidation sites excluding steroid dienone is 1. The molecule has 0 spiro atoms. The minimum Gasteiger partial charge on any atom is -0.332 e. The third-order valence-electron chi connectivity index (χ3n) is 2.56. The maximum Gasteiger partial charge on any atom is 0.179 e. The van der Waals surface area contributed by atoms with Crippen molar-refractivity contribution in [2.45, 2.75) is 25.3 Å². The summed E-state index contributed by atoms with van der Waals surface area (Å²) in [5.74, 6) is 0.943. The number of hydrogen-bond acceptors (Lipinski definition) is 4. The molecule has 0 aliphatic carbocycles. The van der Waals surface area contributed by atoms with Crippen LogP contribution in [0.2, 0.25) is 0 Å². The van der Waals surface area contributed by atoms with E-state index < -0.39 is 5.54 Å². The summed E-state index contributed by atoms with van der Waals surface area (Å²) in [6.45, 7) is 5.82. The fraction of sp³-hybridized carbons (Fsp3) is 0.400. The van der Waals surface area contributed by atoms with Crippen LogP contribution in [0.5, 0.6) is 0 Å². The molecule has 0 aromatic carbocycles. The third-order valence-corrected chi connectivity index (χ3v) is 2.56. The van der Waals surface area contributed by atoms with E-state index in [1.54, 1.807) is 6.34 Å². The first kappa shape index (κ1) is 9.76. The minimum absolute atomic E-state index is 0.245. The normalized spacial score (nSPS) is 27.3. The van der Waals surface area contributed by atoms with Crippen LogP contribution >= 0.6 is 0 Å². The smallest absolute Gasteiger partial charge is 0.179 e. The third kappa shape index (κ3) is 1.49. The van der Waals surface area contributed by atoms with Crippen molar-refractivity contribution in [3.8, 4) is 0 Å². The molecule has 1 unspecified atom stereocenters. The molecule has 0 fully saturated rings. The Bertz CT molecular complexity index is 404.